The highest BCUT2D eigenvalue weighted by molar-refractivity contribution is 5.87. The van der Waals surface area contributed by atoms with Crippen LogP contribution in [0.3, 0.4) is 0 Å². The maximum Gasteiger partial charge on any atom is 0.230 e. The maximum atomic E-state index is 13.0. The van der Waals surface area contributed by atoms with Crippen molar-refractivity contribution < 1.29 is 14.3 Å². The summed E-state index contributed by atoms with van der Waals surface area (Å²) >= 11 is 0. The molecule has 2 N–H and O–H groups in total. The van der Waals surface area contributed by atoms with Gasteiger partial charge in [0, 0.05) is 13.0 Å². The summed E-state index contributed by atoms with van der Waals surface area (Å²) in [6.45, 7) is 3.73. The molecule has 1 amide bonds. The molecule has 0 saturated heterocycles. The second kappa shape index (κ2) is 7.38. The van der Waals surface area contributed by atoms with Crippen molar-refractivity contribution in [2.24, 2.45) is 0 Å². The highest BCUT2D eigenvalue weighted by Crippen LogP contribution is 2.23. The smallest absolute Gasteiger partial charge is 0.230 e. The third kappa shape index (κ3) is 4.63. The van der Waals surface area contributed by atoms with Crippen molar-refractivity contribution in [1.29, 1.82) is 0 Å². The monoisotopic (exact) mass is 315 g/mol. The number of aliphatic hydroxyl groups excluding tert-OH is 1. The van der Waals surface area contributed by atoms with Crippen molar-refractivity contribution in [3.8, 4) is 0 Å². The lowest BCUT2D eigenvalue weighted by Crippen LogP contribution is -2.43. The van der Waals surface area contributed by atoms with Gasteiger partial charge < -0.3 is 10.4 Å². The molecule has 0 aliphatic carbocycles. The van der Waals surface area contributed by atoms with Gasteiger partial charge in [0.05, 0.1) is 11.5 Å². The molecule has 0 aliphatic heterocycles. The lowest BCUT2D eigenvalue weighted by molar-refractivity contribution is -0.126. The van der Waals surface area contributed by atoms with Crippen LogP contribution in [0.15, 0.2) is 54.6 Å². The van der Waals surface area contributed by atoms with Gasteiger partial charge in [0.25, 0.3) is 0 Å². The minimum absolute atomic E-state index is 0.179. The summed E-state index contributed by atoms with van der Waals surface area (Å²) in [5.41, 5.74) is 0.959. The second-order valence-electron chi connectivity index (χ2n) is 6.19. The molecule has 4 heteroatoms. The molecule has 1 unspecified atom stereocenters. The van der Waals surface area contributed by atoms with Crippen LogP contribution in [0, 0.1) is 5.82 Å². The summed E-state index contributed by atoms with van der Waals surface area (Å²) < 4.78 is 13.0. The molecule has 2 aromatic rings. The van der Waals surface area contributed by atoms with Gasteiger partial charge in [-0.1, -0.05) is 42.5 Å². The number of carbonyl (C=O) groups excluding carboxylic acids is 1. The van der Waals surface area contributed by atoms with Crippen molar-refractivity contribution in [2.45, 2.75) is 31.8 Å². The molecule has 0 saturated carbocycles. The zero-order valence-corrected chi connectivity index (χ0v) is 13.4. The lowest BCUT2D eigenvalue weighted by atomic mass is 9.83. The zero-order valence-electron chi connectivity index (χ0n) is 13.4. The molecule has 2 aromatic carbocycles. The molecule has 0 radical (unpaired) electrons. The minimum atomic E-state index is -0.792. The predicted molar refractivity (Wildman–Crippen MR) is 88.6 cm³/mol. The summed E-state index contributed by atoms with van der Waals surface area (Å²) in [7, 11) is 0. The fourth-order valence-electron chi connectivity index (χ4n) is 2.39. The summed E-state index contributed by atoms with van der Waals surface area (Å²) in [5.74, 6) is -0.528. The number of amides is 1. The van der Waals surface area contributed by atoms with E-state index in [0.29, 0.717) is 6.42 Å². The average molecular weight is 315 g/mol. The molecular formula is C19H22FNO2. The van der Waals surface area contributed by atoms with E-state index in [9.17, 15) is 14.3 Å². The second-order valence-corrected chi connectivity index (χ2v) is 6.19. The lowest BCUT2D eigenvalue weighted by Gasteiger charge is -2.25. The van der Waals surface area contributed by atoms with E-state index in [-0.39, 0.29) is 18.3 Å². The molecule has 1 atom stereocenters. The van der Waals surface area contributed by atoms with E-state index in [0.717, 1.165) is 11.1 Å². The molecule has 3 nitrogen and oxygen atoms in total. The van der Waals surface area contributed by atoms with Crippen molar-refractivity contribution in [1.82, 2.24) is 5.32 Å². The zero-order chi connectivity index (χ0) is 16.9. The van der Waals surface area contributed by atoms with E-state index in [1.165, 1.54) is 12.1 Å². The van der Waals surface area contributed by atoms with E-state index in [4.69, 9.17) is 0 Å². The fraction of sp³-hybridized carbons (Fsp3) is 0.316. The number of rotatable bonds is 6. The molecule has 2 rings (SSSR count). The van der Waals surface area contributed by atoms with Crippen molar-refractivity contribution in [3.63, 3.8) is 0 Å². The number of benzene rings is 2. The molecule has 0 bridgehead atoms. The molecule has 0 fully saturated rings. The topological polar surface area (TPSA) is 49.3 Å². The van der Waals surface area contributed by atoms with Gasteiger partial charge in [0.15, 0.2) is 0 Å². The Kier molecular flexibility index (Phi) is 5.50. The first-order chi connectivity index (χ1) is 10.9. The number of hydrogen-bond donors (Lipinski definition) is 2. The Bertz CT molecular complexity index is 638. The molecule has 0 aliphatic rings. The summed E-state index contributed by atoms with van der Waals surface area (Å²) in [4.78, 5) is 12.4. The van der Waals surface area contributed by atoms with Gasteiger partial charge in [-0.2, -0.15) is 0 Å². The third-order valence-electron chi connectivity index (χ3n) is 3.95. The van der Waals surface area contributed by atoms with E-state index in [1.54, 1.807) is 26.0 Å². The van der Waals surface area contributed by atoms with Gasteiger partial charge >= 0.3 is 0 Å². The quantitative estimate of drug-likeness (QED) is 0.861. The Balaban J connectivity index is 1.91. The average Bonchev–Trinajstić information content (AvgIpc) is 2.54. The summed E-state index contributed by atoms with van der Waals surface area (Å²) in [6.07, 6.45) is -0.164. The molecular weight excluding hydrogens is 293 g/mol. The van der Waals surface area contributed by atoms with Gasteiger partial charge in [-0.15, -0.1) is 0 Å². The first-order valence-corrected chi connectivity index (χ1v) is 7.66. The largest absolute Gasteiger partial charge is 0.391 e. The van der Waals surface area contributed by atoms with Crippen molar-refractivity contribution in [2.75, 3.05) is 6.54 Å². The van der Waals surface area contributed by atoms with E-state index >= 15 is 0 Å². The van der Waals surface area contributed by atoms with Crippen LogP contribution in [0.4, 0.5) is 4.39 Å². The Morgan fingerprint density at radius 1 is 1.13 bits per heavy atom. The van der Waals surface area contributed by atoms with Crippen LogP contribution in [-0.2, 0) is 16.6 Å². The van der Waals surface area contributed by atoms with Gasteiger partial charge in [0.2, 0.25) is 5.91 Å². The normalized spacial score (nSPS) is 12.7. The van der Waals surface area contributed by atoms with Crippen molar-refractivity contribution in [3.05, 3.63) is 71.5 Å². The highest BCUT2D eigenvalue weighted by Gasteiger charge is 2.29. The van der Waals surface area contributed by atoms with Crippen LogP contribution in [0.25, 0.3) is 0 Å². The Morgan fingerprint density at radius 3 is 2.35 bits per heavy atom. The first-order valence-electron chi connectivity index (χ1n) is 7.66. The molecule has 0 aromatic heterocycles. The van der Waals surface area contributed by atoms with Crippen LogP contribution in [0.5, 0.6) is 0 Å². The Hall–Kier alpha value is -2.20. The van der Waals surface area contributed by atoms with E-state index < -0.39 is 11.5 Å². The van der Waals surface area contributed by atoms with Crippen LogP contribution in [0.1, 0.15) is 25.0 Å². The number of aliphatic hydroxyl groups is 1. The van der Waals surface area contributed by atoms with Crippen LogP contribution in [-0.4, -0.2) is 23.7 Å². The first kappa shape index (κ1) is 17.2. The number of nitrogens with one attached hydrogen (secondary N) is 1. The fourth-order valence-corrected chi connectivity index (χ4v) is 2.39. The van der Waals surface area contributed by atoms with Crippen LogP contribution in [0.2, 0.25) is 0 Å². The number of halogens is 1. The Morgan fingerprint density at radius 2 is 1.74 bits per heavy atom. The van der Waals surface area contributed by atoms with Crippen LogP contribution >= 0.6 is 0 Å². The molecule has 0 heterocycles. The highest BCUT2D eigenvalue weighted by atomic mass is 19.1. The predicted octanol–water partition coefficient (Wildman–Crippen LogP) is 2.82. The molecule has 122 valence electrons. The molecule has 0 spiro atoms. The van der Waals surface area contributed by atoms with Crippen molar-refractivity contribution >= 4 is 5.91 Å². The van der Waals surface area contributed by atoms with E-state index in [2.05, 4.69) is 5.32 Å². The maximum absolute atomic E-state index is 13.0. The van der Waals surface area contributed by atoms with Gasteiger partial charge in [-0.25, -0.2) is 4.39 Å². The van der Waals surface area contributed by atoms with Gasteiger partial charge in [0.1, 0.15) is 5.82 Å². The minimum Gasteiger partial charge on any atom is -0.391 e. The molecule has 23 heavy (non-hydrogen) atoms. The van der Waals surface area contributed by atoms with Gasteiger partial charge in [-0.3, -0.25) is 4.79 Å². The van der Waals surface area contributed by atoms with E-state index in [1.807, 2.05) is 30.3 Å². The SMILES string of the molecule is CC(C)(C(=O)NCC(O)Cc1ccccc1)c1ccc(F)cc1. The van der Waals surface area contributed by atoms with Crippen LogP contribution < -0.4 is 5.32 Å². The third-order valence-corrected chi connectivity index (χ3v) is 3.95. The Labute approximate surface area is 136 Å². The summed E-state index contributed by atoms with van der Waals surface area (Å²) in [5, 5.41) is 12.8. The number of carbonyl (C=O) groups is 1. The summed E-state index contributed by atoms with van der Waals surface area (Å²) in [6, 6.07) is 15.5. The standard InChI is InChI=1S/C19H22FNO2/c1-19(2,15-8-10-16(20)11-9-15)18(23)21-13-17(22)12-14-6-4-3-5-7-14/h3-11,17,22H,12-13H2,1-2H3,(H,21,23). The van der Waals surface area contributed by atoms with Gasteiger partial charge in [-0.05, 0) is 37.1 Å². The number of hydrogen-bond acceptors (Lipinski definition) is 2.